The molecule has 50 nitrogen and oxygen atoms in total. The lowest BCUT2D eigenvalue weighted by molar-refractivity contribution is -0.142. The number of nitrogens with two attached hydrogens (primary N) is 8. The van der Waals surface area contributed by atoms with Gasteiger partial charge in [0.2, 0.25) is 94.5 Å². The van der Waals surface area contributed by atoms with Crippen LogP contribution >= 0.6 is 25.3 Å². The molecule has 0 spiro atoms. The number of nitrogens with zero attached hydrogens (tertiary/aromatic N) is 1. The number of nitrogens with one attached hydrogen (secondary N) is 18. The Bertz CT molecular complexity index is 4390. The minimum absolute atomic E-state index is 0.0342. The van der Waals surface area contributed by atoms with Crippen molar-refractivity contribution in [3.05, 3.63) is 59.7 Å². The average Bonchev–Trinajstić information content (AvgIpc) is 1.66. The molecule has 0 saturated carbocycles. The summed E-state index contributed by atoms with van der Waals surface area (Å²) in [6.07, 6.45) is -7.28. The number of likely N-dealkylation sites (tertiary alicyclic amines) is 1. The molecule has 1 aliphatic rings. The second-order valence-corrected chi connectivity index (χ2v) is 36.0. The minimum Gasteiger partial charge on any atom is -0.508 e. The van der Waals surface area contributed by atoms with Gasteiger partial charge >= 0.3 is 5.97 Å². The summed E-state index contributed by atoms with van der Waals surface area (Å²) >= 11 is 8.87. The molecular formula is C85H143N27O23S2. The molecule has 1 saturated heterocycles. The molecule has 0 aromatic heterocycles. The topological polar surface area (TPSA) is 863 Å². The zero-order valence-corrected chi connectivity index (χ0v) is 80.1. The quantitative estimate of drug-likeness (QED) is 0.0127. The number of carboxylic acid groups (broad SMARTS) is 1. The van der Waals surface area contributed by atoms with E-state index in [9.17, 15) is 112 Å². The third-order valence-electron chi connectivity index (χ3n) is 22.2. The summed E-state index contributed by atoms with van der Waals surface area (Å²) in [7, 11) is 0. The lowest BCUT2D eigenvalue weighted by atomic mass is 9.96. The van der Waals surface area contributed by atoms with Crippen LogP contribution in [0, 0.1) is 22.7 Å². The Hall–Kier alpha value is -12.0. The van der Waals surface area contributed by atoms with Crippen LogP contribution in [0.5, 0.6) is 11.5 Å². The van der Waals surface area contributed by atoms with E-state index in [1.165, 1.54) is 62.4 Å². The van der Waals surface area contributed by atoms with Gasteiger partial charge in [-0.25, -0.2) is 4.79 Å². The number of phenols is 2. The number of primary amides is 1. The summed E-state index contributed by atoms with van der Waals surface area (Å²) in [4.78, 5) is 242. The number of aliphatic hydroxyl groups excluding tert-OH is 3. The number of amides is 16. The number of β-amino-alcohol motifs (C(OH)–C–C–N with tert-alkyl or cyclic N) is 1. The zero-order valence-electron chi connectivity index (χ0n) is 78.3. The van der Waals surface area contributed by atoms with Crippen molar-refractivity contribution in [2.45, 2.75) is 278 Å². The van der Waals surface area contributed by atoms with Crippen LogP contribution in [0.2, 0.25) is 0 Å². The van der Waals surface area contributed by atoms with E-state index in [1.807, 2.05) is 0 Å². The Kier molecular flexibility index (Phi) is 52.0. The monoisotopic (exact) mass is 1970 g/mol. The first-order valence-corrected chi connectivity index (χ1v) is 46.2. The highest BCUT2D eigenvalue weighted by Crippen LogP contribution is 2.24. The van der Waals surface area contributed by atoms with E-state index in [2.05, 4.69) is 110 Å². The first-order chi connectivity index (χ1) is 64.4. The Morgan fingerprint density at radius 1 is 0.453 bits per heavy atom. The lowest BCUT2D eigenvalue weighted by Crippen LogP contribution is -2.64. The van der Waals surface area contributed by atoms with Crippen LogP contribution in [-0.2, 0) is 94.3 Å². The van der Waals surface area contributed by atoms with Gasteiger partial charge in [-0.15, -0.1) is 0 Å². The maximum absolute atomic E-state index is 14.9. The number of carbonyl (C=O) groups is 17. The molecule has 1 fully saturated rings. The van der Waals surface area contributed by atoms with Crippen molar-refractivity contribution in [2.75, 3.05) is 51.6 Å². The van der Waals surface area contributed by atoms with E-state index < -0.39 is 263 Å². The maximum Gasteiger partial charge on any atom is 0.326 e. The fourth-order valence-electron chi connectivity index (χ4n) is 14.1. The standard InChI is InChI=1S/C85H143N27O23S2/c1-9-42(4)63(108-76(128)60-37-49(117)39-112(60)81(133)62(91)41(2)3)77(129)110-65(44(6)114)79(131)104-56(35-45-19-23-47(115)24-20-45)74(126)111-66(85(7,8)137)80(132)105-57(38-61(90)118)73(125)100-52(17-13-33-96-83(92)93)68(120)101-55(28-32-89)72(124)109-64(43(5)113)78(130)103-51(16-12-30-87)67(119)98-50(15-10-11-29-86)70(122)107-59(40-136)75(127)102-54(27-31-88)71(123)99-53(18-14-34-97-84(94)95)69(121)106-58(82(134)135)36-46-21-25-48(116)26-22-46/h19-26,41-44,49-60,62-66,113-117,136-137H,9-18,27-40,86-89,91H2,1-8H3,(H2,90,118)(H,98,119)(H,99,123)(H,100,125)(H,101,120)(H,102,127)(H,103,130)(H,104,131)(H,105,132)(H,106,121)(H,107,122)(H,108,128)(H,109,124)(H,110,129)(H,111,126)(H,134,135)(H4,92,93,96)(H4,94,95,97)/t42-,43+,44+,49+,50-,51+,52-,53-,54-,55-,56-,57-,58-,59-,60-,62-,63-,64-,65-,66+/m0/s1. The molecule has 16 amide bonds. The third-order valence-corrected chi connectivity index (χ3v) is 22.8. The van der Waals surface area contributed by atoms with Crippen molar-refractivity contribution < 1.29 is 112 Å². The van der Waals surface area contributed by atoms with Gasteiger partial charge in [0.05, 0.1) is 30.8 Å². The van der Waals surface area contributed by atoms with Gasteiger partial charge in [-0.1, -0.05) is 58.4 Å². The van der Waals surface area contributed by atoms with Crippen LogP contribution in [-0.4, -0.2) is 319 Å². The molecule has 40 N–H and O–H groups in total. The highest BCUT2D eigenvalue weighted by atomic mass is 32.1. The van der Waals surface area contributed by atoms with Crippen molar-refractivity contribution in [3.63, 3.8) is 0 Å². The number of unbranched alkanes of at least 4 members (excludes halogenated alkanes) is 1. The molecule has 1 aliphatic heterocycles. The van der Waals surface area contributed by atoms with Gasteiger partial charge in [-0.05, 0) is 172 Å². The molecule has 2 aromatic carbocycles. The van der Waals surface area contributed by atoms with Crippen molar-refractivity contribution >= 4 is 138 Å². The van der Waals surface area contributed by atoms with Crippen LogP contribution in [0.25, 0.3) is 0 Å². The molecule has 0 radical (unpaired) electrons. The number of aliphatic hydroxyl groups is 3. The molecule has 20 atom stereocenters. The SMILES string of the molecule is CC[C@H](C)[C@H](NC(=O)[C@@H]1C[C@@H](O)CN1C(=O)[C@@H](N)C(C)C)C(=O)N[C@H](C(=O)N[C@@H](Cc1ccc(O)cc1)C(=O)N[C@H](C(=O)N[C@@H](CC(N)=O)C(=O)N[C@@H](CCCNC(=N)N)C(=O)N[C@@H](CCN)C(=O)N[C@H](C(=O)N[C@H](CCCN)C(=O)N[C@@H](CCCCN)C(=O)N[C@@H](CS)C(=O)N[C@@H](CCN)C(=O)N[C@@H](CCCNC(=N)N)C(=O)N[C@@H](Cc1ccc(O)cc1)C(=O)O)[C@@H](C)O)C(C)(C)S)[C@@H](C)O. The summed E-state index contributed by atoms with van der Waals surface area (Å²) in [6, 6.07) is -15.0. The molecule has 2 aromatic rings. The van der Waals surface area contributed by atoms with Crippen molar-refractivity contribution in [1.29, 1.82) is 10.8 Å². The van der Waals surface area contributed by atoms with Crippen LogP contribution in [0.3, 0.4) is 0 Å². The molecule has 768 valence electrons. The summed E-state index contributed by atoms with van der Waals surface area (Å²) < 4.78 is -1.65. The Morgan fingerprint density at radius 3 is 1.19 bits per heavy atom. The van der Waals surface area contributed by atoms with Crippen LogP contribution in [0.15, 0.2) is 48.5 Å². The van der Waals surface area contributed by atoms with Gasteiger partial charge in [0.1, 0.15) is 102 Å². The predicted molar refractivity (Wildman–Crippen MR) is 508 cm³/mol. The molecule has 0 bridgehead atoms. The highest BCUT2D eigenvalue weighted by Gasteiger charge is 2.46. The minimum atomic E-state index is -2.01. The van der Waals surface area contributed by atoms with Crippen LogP contribution < -0.4 is 131 Å². The molecule has 1 heterocycles. The Labute approximate surface area is 805 Å². The third kappa shape index (κ3) is 41.4. The number of aromatic hydroxyl groups is 2. The van der Waals surface area contributed by atoms with Gasteiger partial charge in [-0.3, -0.25) is 87.5 Å². The number of guanidine groups is 2. The number of aliphatic carboxylic acids is 1. The van der Waals surface area contributed by atoms with Crippen LogP contribution in [0.4, 0.5) is 0 Å². The first-order valence-electron chi connectivity index (χ1n) is 45.1. The van der Waals surface area contributed by atoms with Gasteiger partial charge in [-0.2, -0.15) is 25.3 Å². The summed E-state index contributed by atoms with van der Waals surface area (Å²) in [5.74, 6) is -21.1. The van der Waals surface area contributed by atoms with E-state index >= 15 is 0 Å². The fraction of sp³-hybridized carbons (Fsp3) is 0.635. The zero-order chi connectivity index (χ0) is 103. The number of carboxylic acids is 1. The van der Waals surface area contributed by atoms with Gasteiger partial charge in [0, 0.05) is 49.4 Å². The van der Waals surface area contributed by atoms with E-state index in [1.54, 1.807) is 27.7 Å². The number of carbonyl (C=O) groups excluding carboxylic acids is 16. The maximum atomic E-state index is 14.9. The number of benzene rings is 2. The number of phenolic OH excluding ortho intramolecular Hbond substituents is 2. The molecule has 0 aliphatic carbocycles. The van der Waals surface area contributed by atoms with Crippen molar-refractivity contribution in [3.8, 4) is 11.5 Å². The predicted octanol–water partition coefficient (Wildman–Crippen LogP) is -9.89. The average molecular weight is 1980 g/mol. The highest BCUT2D eigenvalue weighted by molar-refractivity contribution is 7.81. The molecule has 52 heteroatoms. The first kappa shape index (κ1) is 119. The van der Waals surface area contributed by atoms with E-state index in [0.29, 0.717) is 12.0 Å². The molecule has 0 unspecified atom stereocenters. The number of thiol groups is 2. The normalized spacial score (nSPS) is 16.9. The van der Waals surface area contributed by atoms with Gasteiger partial charge in [0.25, 0.3) is 0 Å². The fourth-order valence-corrected chi connectivity index (χ4v) is 14.5. The van der Waals surface area contributed by atoms with Gasteiger partial charge < -0.3 is 166 Å². The molecule has 3 rings (SSSR count). The smallest absolute Gasteiger partial charge is 0.326 e. The second-order valence-electron chi connectivity index (χ2n) is 34.5. The molecular weight excluding hydrogens is 1830 g/mol. The largest absolute Gasteiger partial charge is 0.508 e. The summed E-state index contributed by atoms with van der Waals surface area (Å²) in [6.45, 7) is 10.8. The van der Waals surface area contributed by atoms with E-state index in [-0.39, 0.29) is 146 Å². The van der Waals surface area contributed by atoms with E-state index in [4.69, 9.17) is 56.7 Å². The van der Waals surface area contributed by atoms with Gasteiger partial charge in [0.15, 0.2) is 11.9 Å². The van der Waals surface area contributed by atoms with E-state index in [0.717, 1.165) is 18.7 Å². The number of hydrogen-bond acceptors (Lipinski definition) is 31. The molecule has 137 heavy (non-hydrogen) atoms. The second kappa shape index (κ2) is 59.8. The summed E-state index contributed by atoms with van der Waals surface area (Å²) in [5, 5.41) is 118. The Morgan fingerprint density at radius 2 is 0.803 bits per heavy atom. The van der Waals surface area contributed by atoms with Crippen molar-refractivity contribution in [1.82, 2.24) is 90.0 Å². The van der Waals surface area contributed by atoms with Crippen molar-refractivity contribution in [2.24, 2.45) is 57.7 Å². The number of rotatable bonds is 62. The van der Waals surface area contributed by atoms with Crippen LogP contribution in [0.1, 0.15) is 156 Å². The number of hydrogen-bond donors (Lipinski definition) is 34. The lowest BCUT2D eigenvalue weighted by Gasteiger charge is -2.33. The summed E-state index contributed by atoms with van der Waals surface area (Å²) in [5.41, 5.74) is 47.0. The Balaban J connectivity index is 1.95.